The fourth-order valence-corrected chi connectivity index (χ4v) is 4.02. The van der Waals surface area contributed by atoms with E-state index in [-0.39, 0.29) is 11.5 Å². The van der Waals surface area contributed by atoms with Gasteiger partial charge in [0.1, 0.15) is 5.25 Å². The van der Waals surface area contributed by atoms with Crippen LogP contribution in [0.5, 0.6) is 0 Å². The largest absolute Gasteiger partial charge is 0.465 e. The lowest BCUT2D eigenvalue weighted by atomic mass is 10.2. The Morgan fingerprint density at radius 1 is 1.26 bits per heavy atom. The van der Waals surface area contributed by atoms with Crippen molar-refractivity contribution in [3.05, 3.63) is 62.0 Å². The van der Waals surface area contributed by atoms with Gasteiger partial charge in [0.25, 0.3) is 5.56 Å². The Morgan fingerprint density at radius 2 is 1.96 bits per heavy atom. The lowest BCUT2D eigenvalue weighted by Crippen LogP contribution is -2.24. The molecule has 0 spiro atoms. The molecule has 1 heterocycles. The van der Waals surface area contributed by atoms with E-state index in [2.05, 4.69) is 27.6 Å². The number of hydrogen-bond acceptors (Lipinski definition) is 5. The second kappa shape index (κ2) is 8.43. The molecule has 0 amide bonds. The summed E-state index contributed by atoms with van der Waals surface area (Å²) < 4.78 is 7.63. The molecule has 3 rings (SSSR count). The molecule has 0 bridgehead atoms. The van der Waals surface area contributed by atoms with Crippen LogP contribution in [0, 0.1) is 10.5 Å². The fraction of sp³-hybridized carbons (Fsp3) is 0.250. The molecule has 3 aromatic rings. The zero-order valence-electron chi connectivity index (χ0n) is 15.2. The van der Waals surface area contributed by atoms with Crippen LogP contribution in [0.4, 0.5) is 0 Å². The van der Waals surface area contributed by atoms with Crippen molar-refractivity contribution in [3.8, 4) is 5.69 Å². The molecular formula is C20H19IN2O3S. The first-order valence-electron chi connectivity index (χ1n) is 8.53. The first-order valence-corrected chi connectivity index (χ1v) is 10.5. The highest BCUT2D eigenvalue weighted by atomic mass is 127. The molecule has 7 heteroatoms. The number of halogens is 1. The smallest absolute Gasteiger partial charge is 0.319 e. The van der Waals surface area contributed by atoms with E-state index >= 15 is 0 Å². The van der Waals surface area contributed by atoms with Crippen LogP contribution < -0.4 is 5.56 Å². The van der Waals surface area contributed by atoms with Crippen LogP contribution in [0.3, 0.4) is 0 Å². The molecule has 1 atom stereocenters. The lowest BCUT2D eigenvalue weighted by molar-refractivity contribution is -0.142. The Hall–Kier alpha value is -1.87. The van der Waals surface area contributed by atoms with Crippen LogP contribution >= 0.6 is 34.4 Å². The van der Waals surface area contributed by atoms with Gasteiger partial charge in [0, 0.05) is 3.57 Å². The van der Waals surface area contributed by atoms with E-state index in [4.69, 9.17) is 4.74 Å². The summed E-state index contributed by atoms with van der Waals surface area (Å²) in [5.74, 6) is -0.324. The molecule has 2 aromatic carbocycles. The highest BCUT2D eigenvalue weighted by Crippen LogP contribution is 2.26. The number of benzene rings is 2. The first-order chi connectivity index (χ1) is 12.9. The van der Waals surface area contributed by atoms with Crippen molar-refractivity contribution in [1.82, 2.24) is 9.55 Å². The summed E-state index contributed by atoms with van der Waals surface area (Å²) in [5.41, 5.74) is 2.28. The lowest BCUT2D eigenvalue weighted by Gasteiger charge is -2.16. The molecule has 0 aliphatic heterocycles. The average Bonchev–Trinajstić information content (AvgIpc) is 2.64. The molecule has 0 aliphatic rings. The highest BCUT2D eigenvalue weighted by molar-refractivity contribution is 14.1. The number of aryl methyl sites for hydroxylation is 1. The van der Waals surface area contributed by atoms with Crippen LogP contribution in [0.2, 0.25) is 0 Å². The second-order valence-corrected chi connectivity index (χ2v) is 8.60. The molecule has 0 saturated heterocycles. The van der Waals surface area contributed by atoms with Crippen LogP contribution in [0.25, 0.3) is 16.6 Å². The zero-order chi connectivity index (χ0) is 19.6. The monoisotopic (exact) mass is 494 g/mol. The fourth-order valence-electron chi connectivity index (χ4n) is 2.60. The van der Waals surface area contributed by atoms with E-state index in [1.165, 1.54) is 11.8 Å². The van der Waals surface area contributed by atoms with Crippen LogP contribution in [-0.4, -0.2) is 27.4 Å². The van der Waals surface area contributed by atoms with Crippen LogP contribution in [0.1, 0.15) is 19.4 Å². The van der Waals surface area contributed by atoms with E-state index in [0.717, 1.165) is 14.8 Å². The Kier molecular flexibility index (Phi) is 6.21. The van der Waals surface area contributed by atoms with Gasteiger partial charge in [-0.1, -0.05) is 29.5 Å². The molecule has 1 aromatic heterocycles. The predicted molar refractivity (Wildman–Crippen MR) is 117 cm³/mol. The summed E-state index contributed by atoms with van der Waals surface area (Å²) in [6.07, 6.45) is 0. The van der Waals surface area contributed by atoms with E-state index in [9.17, 15) is 9.59 Å². The standard InChI is InChI=1S/C20H19IN2O3S/c1-4-26-19(25)13(3)27-20-22-17-10-7-14(21)11-16(17)18(24)23(20)15-8-5-12(2)6-9-15/h5-11,13H,4H2,1-3H3/t13-/m0/s1. The molecule has 140 valence electrons. The van der Waals surface area contributed by atoms with Gasteiger partial charge in [-0.15, -0.1) is 0 Å². The summed E-state index contributed by atoms with van der Waals surface area (Å²) in [4.78, 5) is 30.0. The van der Waals surface area contributed by atoms with Crippen molar-refractivity contribution in [3.63, 3.8) is 0 Å². The number of carbonyl (C=O) groups is 1. The summed E-state index contributed by atoms with van der Waals surface area (Å²) in [6, 6.07) is 13.2. The molecule has 5 nitrogen and oxygen atoms in total. The number of nitrogens with zero attached hydrogens (tertiary/aromatic N) is 2. The number of aromatic nitrogens is 2. The minimum Gasteiger partial charge on any atom is -0.465 e. The quantitative estimate of drug-likeness (QED) is 0.229. The number of thioether (sulfide) groups is 1. The molecule has 0 aliphatic carbocycles. The van der Waals surface area contributed by atoms with Crippen LogP contribution in [0.15, 0.2) is 52.4 Å². The van der Waals surface area contributed by atoms with Crippen molar-refractivity contribution in [2.75, 3.05) is 6.61 Å². The van der Waals surface area contributed by atoms with Gasteiger partial charge in [0.05, 0.1) is 23.2 Å². The van der Waals surface area contributed by atoms with Crippen LogP contribution in [-0.2, 0) is 9.53 Å². The van der Waals surface area contributed by atoms with E-state index in [0.29, 0.717) is 22.7 Å². The third kappa shape index (κ3) is 4.35. The SMILES string of the molecule is CCOC(=O)[C@H](C)Sc1nc2ccc(I)cc2c(=O)n1-c1ccc(C)cc1. The topological polar surface area (TPSA) is 61.2 Å². The van der Waals surface area contributed by atoms with E-state index in [1.54, 1.807) is 18.4 Å². The van der Waals surface area contributed by atoms with Gasteiger partial charge in [-0.25, -0.2) is 4.98 Å². The average molecular weight is 494 g/mol. The van der Waals surface area contributed by atoms with Gasteiger partial charge in [-0.3, -0.25) is 14.2 Å². The maximum Gasteiger partial charge on any atom is 0.319 e. The maximum absolute atomic E-state index is 13.3. The maximum atomic E-state index is 13.3. The van der Waals surface area contributed by atoms with Gasteiger partial charge in [-0.05, 0) is 73.7 Å². The first kappa shape index (κ1) is 19.9. The Bertz CT molecular complexity index is 1050. The summed E-state index contributed by atoms with van der Waals surface area (Å²) in [5, 5.41) is 0.545. The van der Waals surface area contributed by atoms with Gasteiger partial charge in [0.15, 0.2) is 5.16 Å². The minimum atomic E-state index is -0.477. The number of fused-ring (bicyclic) bond motifs is 1. The number of ether oxygens (including phenoxy) is 1. The number of carbonyl (C=O) groups excluding carboxylic acids is 1. The highest BCUT2D eigenvalue weighted by Gasteiger charge is 2.21. The van der Waals surface area contributed by atoms with Crippen molar-refractivity contribution in [1.29, 1.82) is 0 Å². The Morgan fingerprint density at radius 3 is 2.63 bits per heavy atom. The van der Waals surface area contributed by atoms with Gasteiger partial charge >= 0.3 is 5.97 Å². The summed E-state index contributed by atoms with van der Waals surface area (Å²) >= 11 is 3.41. The summed E-state index contributed by atoms with van der Waals surface area (Å²) in [6.45, 7) is 5.84. The number of hydrogen-bond donors (Lipinski definition) is 0. The third-order valence-electron chi connectivity index (χ3n) is 3.99. The molecular weight excluding hydrogens is 475 g/mol. The van der Waals surface area contributed by atoms with Gasteiger partial charge in [0.2, 0.25) is 0 Å². The second-order valence-electron chi connectivity index (χ2n) is 6.04. The van der Waals surface area contributed by atoms with E-state index in [1.807, 2.05) is 49.4 Å². The molecule has 0 fully saturated rings. The molecule has 0 N–H and O–H groups in total. The third-order valence-corrected chi connectivity index (χ3v) is 5.69. The molecule has 0 unspecified atom stereocenters. The van der Waals surface area contributed by atoms with Crippen molar-refractivity contribution in [2.24, 2.45) is 0 Å². The Labute approximate surface area is 175 Å². The van der Waals surface area contributed by atoms with E-state index < -0.39 is 5.25 Å². The summed E-state index contributed by atoms with van der Waals surface area (Å²) in [7, 11) is 0. The zero-order valence-corrected chi connectivity index (χ0v) is 18.2. The van der Waals surface area contributed by atoms with Gasteiger partial charge in [-0.2, -0.15) is 0 Å². The Balaban J connectivity index is 2.19. The van der Waals surface area contributed by atoms with Crippen molar-refractivity contribution >= 4 is 51.2 Å². The number of rotatable bonds is 5. The molecule has 0 saturated carbocycles. The normalized spacial score (nSPS) is 12.1. The van der Waals surface area contributed by atoms with Crippen molar-refractivity contribution < 1.29 is 9.53 Å². The minimum absolute atomic E-state index is 0.152. The predicted octanol–water partition coefficient (Wildman–Crippen LogP) is 4.34. The molecule has 27 heavy (non-hydrogen) atoms. The molecule has 0 radical (unpaired) electrons. The van der Waals surface area contributed by atoms with Gasteiger partial charge < -0.3 is 4.74 Å². The number of esters is 1. The van der Waals surface area contributed by atoms with Crippen molar-refractivity contribution in [2.45, 2.75) is 31.2 Å².